The molecule has 0 aliphatic heterocycles. The number of hydrogen-bond donors (Lipinski definition) is 0. The minimum Gasteiger partial charge on any atom is -0.453 e. The molecule has 0 atom stereocenters. The van der Waals surface area contributed by atoms with E-state index in [4.69, 9.17) is 16.3 Å². The second-order valence-electron chi connectivity index (χ2n) is 3.93. The van der Waals surface area contributed by atoms with Crippen molar-refractivity contribution in [2.45, 2.75) is 12.3 Å². The third-order valence-electron chi connectivity index (χ3n) is 2.46. The summed E-state index contributed by atoms with van der Waals surface area (Å²) in [5.41, 5.74) is 1.97. The maximum absolute atomic E-state index is 13.6. The highest BCUT2D eigenvalue weighted by Crippen LogP contribution is 2.32. The maximum Gasteiger partial charge on any atom is 0.165 e. The zero-order valence-corrected chi connectivity index (χ0v) is 12.1. The van der Waals surface area contributed by atoms with E-state index in [9.17, 15) is 4.39 Å². The second-order valence-corrected chi connectivity index (χ2v) is 4.90. The molecule has 0 aromatic heterocycles. The maximum atomic E-state index is 13.6. The molecule has 0 aliphatic carbocycles. The lowest BCUT2D eigenvalue weighted by Crippen LogP contribution is -1.90. The highest BCUT2D eigenvalue weighted by atomic mass is 79.9. The van der Waals surface area contributed by atoms with Crippen molar-refractivity contribution in [1.29, 1.82) is 0 Å². The molecule has 4 heteroatoms. The number of rotatable bonds is 3. The summed E-state index contributed by atoms with van der Waals surface area (Å²) in [6.07, 6.45) is 0. The molecule has 0 heterocycles. The molecule has 0 spiro atoms. The third-order valence-corrected chi connectivity index (χ3v) is 3.40. The molecular weight excluding hydrogens is 319 g/mol. The Morgan fingerprint density at radius 3 is 2.61 bits per heavy atom. The molecule has 2 aromatic carbocycles. The smallest absolute Gasteiger partial charge is 0.165 e. The highest BCUT2D eigenvalue weighted by Gasteiger charge is 2.08. The number of alkyl halides is 1. The third kappa shape index (κ3) is 3.03. The van der Waals surface area contributed by atoms with Gasteiger partial charge in [-0.1, -0.05) is 39.7 Å². The molecule has 0 fully saturated rings. The average molecular weight is 330 g/mol. The van der Waals surface area contributed by atoms with Crippen LogP contribution in [0.25, 0.3) is 0 Å². The van der Waals surface area contributed by atoms with E-state index in [2.05, 4.69) is 15.9 Å². The van der Waals surface area contributed by atoms with Crippen LogP contribution in [0, 0.1) is 12.7 Å². The predicted molar refractivity (Wildman–Crippen MR) is 75.3 cm³/mol. The zero-order chi connectivity index (χ0) is 13.1. The zero-order valence-electron chi connectivity index (χ0n) is 9.71. The fourth-order valence-electron chi connectivity index (χ4n) is 1.52. The summed E-state index contributed by atoms with van der Waals surface area (Å²) >= 11 is 9.43. The monoisotopic (exact) mass is 328 g/mol. The molecule has 0 unspecified atom stereocenters. The molecule has 2 rings (SSSR count). The summed E-state index contributed by atoms with van der Waals surface area (Å²) in [5, 5.41) is 1.18. The van der Waals surface area contributed by atoms with Crippen LogP contribution in [0.4, 0.5) is 4.39 Å². The van der Waals surface area contributed by atoms with Crippen LogP contribution in [0.5, 0.6) is 11.5 Å². The van der Waals surface area contributed by atoms with Crippen molar-refractivity contribution in [1.82, 2.24) is 0 Å². The van der Waals surface area contributed by atoms with E-state index >= 15 is 0 Å². The van der Waals surface area contributed by atoms with Crippen LogP contribution in [-0.2, 0) is 5.33 Å². The van der Waals surface area contributed by atoms with E-state index < -0.39 is 5.82 Å². The normalized spacial score (nSPS) is 10.4. The van der Waals surface area contributed by atoms with Crippen LogP contribution >= 0.6 is 27.5 Å². The van der Waals surface area contributed by atoms with Crippen LogP contribution in [-0.4, -0.2) is 0 Å². The highest BCUT2D eigenvalue weighted by molar-refractivity contribution is 9.08. The number of ether oxygens (including phenoxy) is 1. The van der Waals surface area contributed by atoms with Gasteiger partial charge in [-0.3, -0.25) is 0 Å². The molecule has 0 N–H and O–H groups in total. The van der Waals surface area contributed by atoms with Crippen LogP contribution in [0.2, 0.25) is 5.02 Å². The summed E-state index contributed by atoms with van der Waals surface area (Å²) in [7, 11) is 0. The topological polar surface area (TPSA) is 9.23 Å². The Balaban J connectivity index is 2.31. The summed E-state index contributed by atoms with van der Waals surface area (Å²) in [6, 6.07) is 10.1. The predicted octanol–water partition coefficient (Wildman–Crippen LogP) is 5.47. The first-order valence-electron chi connectivity index (χ1n) is 5.38. The lowest BCUT2D eigenvalue weighted by atomic mass is 10.2. The first-order chi connectivity index (χ1) is 8.60. The van der Waals surface area contributed by atoms with Gasteiger partial charge in [-0.2, -0.15) is 0 Å². The number of aryl methyl sites for hydroxylation is 1. The van der Waals surface area contributed by atoms with Crippen LogP contribution in [0.1, 0.15) is 11.1 Å². The molecule has 0 saturated carbocycles. The average Bonchev–Trinajstić information content (AvgIpc) is 2.36. The van der Waals surface area contributed by atoms with Crippen LogP contribution < -0.4 is 4.74 Å². The molecule has 0 amide bonds. The Morgan fingerprint density at radius 2 is 1.94 bits per heavy atom. The molecule has 18 heavy (non-hydrogen) atoms. The Kier molecular flexibility index (Phi) is 4.25. The van der Waals surface area contributed by atoms with Gasteiger partial charge in [-0.05, 0) is 42.3 Å². The van der Waals surface area contributed by atoms with Crippen molar-refractivity contribution in [2.24, 2.45) is 0 Å². The molecule has 2 aromatic rings. The van der Waals surface area contributed by atoms with E-state index in [0.717, 1.165) is 11.1 Å². The molecular formula is C14H11BrClFO. The summed E-state index contributed by atoms with van der Waals surface area (Å²) < 4.78 is 19.1. The fraction of sp³-hybridized carbons (Fsp3) is 0.143. The SMILES string of the molecule is Cc1ccc(F)c(Oc2ccc(CBr)cc2Cl)c1. The van der Waals surface area contributed by atoms with Gasteiger partial charge in [0.1, 0.15) is 5.75 Å². The van der Waals surface area contributed by atoms with Crippen LogP contribution in [0.3, 0.4) is 0 Å². The molecule has 0 bridgehead atoms. The summed E-state index contributed by atoms with van der Waals surface area (Å²) in [6.45, 7) is 1.88. The lowest BCUT2D eigenvalue weighted by Gasteiger charge is -2.10. The Hall–Kier alpha value is -1.06. The van der Waals surface area contributed by atoms with Gasteiger partial charge in [-0.25, -0.2) is 4.39 Å². The molecule has 0 aliphatic rings. The number of halogens is 3. The summed E-state index contributed by atoms with van der Waals surface area (Å²) in [4.78, 5) is 0. The van der Waals surface area contributed by atoms with Gasteiger partial charge in [0.15, 0.2) is 11.6 Å². The van der Waals surface area contributed by atoms with E-state index in [-0.39, 0.29) is 5.75 Å². The number of hydrogen-bond acceptors (Lipinski definition) is 1. The minimum absolute atomic E-state index is 0.184. The van der Waals surface area contributed by atoms with Crippen molar-refractivity contribution < 1.29 is 9.13 Å². The molecule has 94 valence electrons. The second kappa shape index (κ2) is 5.72. The minimum atomic E-state index is -0.402. The Morgan fingerprint density at radius 1 is 1.17 bits per heavy atom. The van der Waals surface area contributed by atoms with Crippen molar-refractivity contribution in [3.63, 3.8) is 0 Å². The lowest BCUT2D eigenvalue weighted by molar-refractivity contribution is 0.442. The standard InChI is InChI=1S/C14H11BrClFO/c1-9-2-4-12(17)14(6-9)18-13-5-3-10(8-15)7-11(13)16/h2-7H,8H2,1H3. The van der Waals surface area contributed by atoms with Crippen molar-refractivity contribution in [3.05, 3.63) is 58.4 Å². The van der Waals surface area contributed by atoms with E-state index in [1.165, 1.54) is 6.07 Å². The van der Waals surface area contributed by atoms with E-state index in [1.54, 1.807) is 24.3 Å². The first kappa shape index (κ1) is 13.4. The van der Waals surface area contributed by atoms with Gasteiger partial charge in [-0.15, -0.1) is 0 Å². The fourth-order valence-corrected chi connectivity index (χ4v) is 2.11. The van der Waals surface area contributed by atoms with Crippen LogP contribution in [0.15, 0.2) is 36.4 Å². The number of benzene rings is 2. The van der Waals surface area contributed by atoms with Crippen molar-refractivity contribution in [2.75, 3.05) is 0 Å². The van der Waals surface area contributed by atoms with Gasteiger partial charge >= 0.3 is 0 Å². The van der Waals surface area contributed by atoms with Crippen molar-refractivity contribution in [3.8, 4) is 11.5 Å². The quantitative estimate of drug-likeness (QED) is 0.678. The van der Waals surface area contributed by atoms with Gasteiger partial charge in [0.25, 0.3) is 0 Å². The first-order valence-corrected chi connectivity index (χ1v) is 6.88. The molecule has 0 saturated heterocycles. The largest absolute Gasteiger partial charge is 0.453 e. The Labute approximate surface area is 119 Å². The van der Waals surface area contributed by atoms with Gasteiger partial charge < -0.3 is 4.74 Å². The molecule has 1 nitrogen and oxygen atoms in total. The van der Waals surface area contributed by atoms with Gasteiger partial charge in [0.05, 0.1) is 5.02 Å². The van der Waals surface area contributed by atoms with Crippen molar-refractivity contribution >= 4 is 27.5 Å². The van der Waals surface area contributed by atoms with E-state index in [1.807, 2.05) is 13.0 Å². The van der Waals surface area contributed by atoms with Gasteiger partial charge in [0.2, 0.25) is 0 Å². The molecule has 0 radical (unpaired) electrons. The summed E-state index contributed by atoms with van der Waals surface area (Å²) in [5.74, 6) is 0.232. The van der Waals surface area contributed by atoms with Gasteiger partial charge in [0, 0.05) is 5.33 Å². The van der Waals surface area contributed by atoms with E-state index in [0.29, 0.717) is 16.1 Å². The Bertz CT molecular complexity index is 572.